The van der Waals surface area contributed by atoms with Crippen LogP contribution in [0.25, 0.3) is 11.2 Å². The van der Waals surface area contributed by atoms with Gasteiger partial charge in [-0.05, 0) is 112 Å². The number of fused-ring (bicyclic) bond motifs is 6. The van der Waals surface area contributed by atoms with Gasteiger partial charge in [0.25, 0.3) is 17.4 Å². The van der Waals surface area contributed by atoms with Crippen LogP contribution >= 0.6 is 21.6 Å². The first kappa shape index (κ1) is 96.1. The summed E-state index contributed by atoms with van der Waals surface area (Å²) in [6.07, 6.45) is -13.3. The molecule has 16 atom stereocenters. The van der Waals surface area contributed by atoms with E-state index in [9.17, 15) is 87.5 Å². The van der Waals surface area contributed by atoms with Crippen molar-refractivity contribution in [3.8, 4) is 0 Å². The number of aromatic amines is 1. The minimum atomic E-state index is -2.64. The van der Waals surface area contributed by atoms with Crippen LogP contribution < -0.4 is 59.6 Å². The predicted molar refractivity (Wildman–Crippen MR) is 453 cm³/mol. The molecule has 4 aromatic carbocycles. The highest BCUT2D eigenvalue weighted by Gasteiger charge is 2.79. The second-order valence-corrected chi connectivity index (χ2v) is 34.1. The Morgan fingerprint density at radius 1 is 0.709 bits per heavy atom. The van der Waals surface area contributed by atoms with E-state index in [0.717, 1.165) is 35.4 Å². The van der Waals surface area contributed by atoms with Gasteiger partial charge in [0.15, 0.2) is 40.7 Å². The van der Waals surface area contributed by atoms with E-state index >= 15 is 4.79 Å². The van der Waals surface area contributed by atoms with Gasteiger partial charge in [0.2, 0.25) is 29.6 Å². The lowest BCUT2D eigenvalue weighted by Crippen LogP contribution is -2.82. The van der Waals surface area contributed by atoms with Crippen molar-refractivity contribution in [3.05, 3.63) is 171 Å². The molecule has 3 heterocycles. The van der Waals surface area contributed by atoms with Crippen LogP contribution in [-0.2, 0) is 87.6 Å². The van der Waals surface area contributed by atoms with Crippen molar-refractivity contribution in [1.29, 1.82) is 5.41 Å². The third-order valence-electron chi connectivity index (χ3n) is 22.5. The van der Waals surface area contributed by atoms with Gasteiger partial charge in [0.05, 0.1) is 48.0 Å². The number of anilines is 2. The van der Waals surface area contributed by atoms with Crippen LogP contribution in [0.15, 0.2) is 137 Å². The Hall–Kier alpha value is -13.1. The molecule has 0 radical (unpaired) electrons. The zero-order chi connectivity index (χ0) is 92.6. The van der Waals surface area contributed by atoms with Gasteiger partial charge in [-0.1, -0.05) is 102 Å². The summed E-state index contributed by atoms with van der Waals surface area (Å²) in [7, 11) is 1.88. The summed E-state index contributed by atoms with van der Waals surface area (Å²) in [4.78, 5) is 221. The van der Waals surface area contributed by atoms with Crippen molar-refractivity contribution in [2.45, 2.75) is 185 Å². The Kier molecular flexibility index (Phi) is 31.6. The van der Waals surface area contributed by atoms with Crippen LogP contribution in [0.1, 0.15) is 142 Å². The number of ether oxygens (including phenoxy) is 7. The van der Waals surface area contributed by atoms with Gasteiger partial charge < -0.3 is 108 Å². The minimum Gasteiger partial charge on any atom is -0.480 e. The molecule has 4 aliphatic rings. The topological polar surface area (TPSA) is 628 Å². The normalized spacial score (nSPS) is 22.4. The Bertz CT molecular complexity index is 5250. The van der Waals surface area contributed by atoms with Gasteiger partial charge in [0, 0.05) is 73.4 Å². The molecular weight excluding hydrogens is 1700 g/mol. The van der Waals surface area contributed by atoms with Gasteiger partial charge in [-0.2, -0.15) is 4.98 Å². The number of aliphatic hydroxyl groups is 2. The van der Waals surface area contributed by atoms with Crippen molar-refractivity contribution >= 4 is 134 Å². The zero-order valence-electron chi connectivity index (χ0n) is 70.1. The second-order valence-electron chi connectivity index (χ2n) is 31.4. The Morgan fingerprint density at radius 3 is 1.94 bits per heavy atom. The van der Waals surface area contributed by atoms with Crippen LogP contribution in [0.3, 0.4) is 0 Å². The first-order valence-electron chi connectivity index (χ1n) is 40.2. The van der Waals surface area contributed by atoms with Crippen LogP contribution in [-0.4, -0.2) is 239 Å². The number of rotatable bonds is 38. The third kappa shape index (κ3) is 22.8. The number of esters is 4. The van der Waals surface area contributed by atoms with Gasteiger partial charge in [-0.3, -0.25) is 58.3 Å². The number of aliphatic carboxylic acids is 2. The fourth-order valence-corrected chi connectivity index (χ4v) is 17.9. The number of carboxylic acid groups (broad SMARTS) is 2. The molecule has 3 fully saturated rings. The second kappa shape index (κ2) is 41.8. The summed E-state index contributed by atoms with van der Waals surface area (Å²) >= 11 is 0. The van der Waals surface area contributed by atoms with Crippen molar-refractivity contribution in [2.24, 2.45) is 22.5 Å². The molecule has 41 nitrogen and oxygen atoms in total. The minimum absolute atomic E-state index is 0.0177. The quantitative estimate of drug-likeness (QED) is 0.00503. The summed E-state index contributed by atoms with van der Waals surface area (Å²) in [5.74, 6) is -16.4. The molecule has 1 aliphatic heterocycles. The number of nitrogens with two attached hydrogens (primary N) is 2. The van der Waals surface area contributed by atoms with Gasteiger partial charge in [-0.25, -0.2) is 33.9 Å². The van der Waals surface area contributed by atoms with Crippen molar-refractivity contribution in [2.75, 3.05) is 42.3 Å². The van der Waals surface area contributed by atoms with Crippen molar-refractivity contribution < 1.29 is 121 Å². The molecule has 2 bridgehead atoms. The maximum absolute atomic E-state index is 16.5. The van der Waals surface area contributed by atoms with E-state index in [0.29, 0.717) is 11.4 Å². The largest absolute Gasteiger partial charge is 0.508 e. The molecular formula is C84H99N15O26S2. The monoisotopic (exact) mass is 1800 g/mol. The summed E-state index contributed by atoms with van der Waals surface area (Å²) in [5.41, 5.74) is 2.68. The first-order valence-corrected chi connectivity index (χ1v) is 42.7. The van der Waals surface area contributed by atoms with E-state index in [1.807, 2.05) is 0 Å². The SMILES string of the molecule is CC(=O)O[C@H]1C(=O)[C@@]2(C)C([C@H](OC(=O)c3ccccc3)[C@]3(O)C[C@H](OC(=O)[C@H](O)[C@@H](NC(=O)c4ccccc4)c4ccccc4)C(C)=C1C3(C)C)[C@]1(OC(C)=O)CO[C@@H]1C[C@@H]2OC(=O)OCCSSC[C@H](NC(=O)[C@H](C)NC(=O)[C@H](CCCNC(=N)N)NC(=O)C(C)NC(=O)CC[C@H](NC(=O)c1ccc(NCc2cnc3nc(N)[nH]c(=O)c3n2)cc1)C(=O)O)C(=O)O. The number of nitrogen functional groups attached to an aromatic ring is 1. The molecule has 678 valence electrons. The number of carbonyl (C=O) groups is 14. The number of aliphatic hydroxyl groups excluding tert-OH is 1. The number of nitrogens with zero attached hydrogens (tertiary/aromatic N) is 3. The third-order valence-corrected chi connectivity index (χ3v) is 24.9. The molecule has 6 amide bonds. The maximum Gasteiger partial charge on any atom is 0.508 e. The number of ketones is 1. The highest BCUT2D eigenvalue weighted by atomic mass is 33.1. The van der Waals surface area contributed by atoms with Crippen molar-refractivity contribution in [1.82, 2.24) is 57.2 Å². The van der Waals surface area contributed by atoms with Crippen LogP contribution in [0.2, 0.25) is 0 Å². The number of nitrogens with one attached hydrogen (secondary N) is 10. The number of carbonyl (C=O) groups excluding carboxylic acids is 12. The van der Waals surface area contributed by atoms with Gasteiger partial charge >= 0.3 is 42.0 Å². The average molecular weight is 1800 g/mol. The Balaban J connectivity index is 0.765. The molecule has 0 spiro atoms. The molecule has 1 saturated heterocycles. The highest BCUT2D eigenvalue weighted by molar-refractivity contribution is 8.76. The van der Waals surface area contributed by atoms with Gasteiger partial charge in [0.1, 0.15) is 66.8 Å². The summed E-state index contributed by atoms with van der Waals surface area (Å²) in [6, 6.07) is 20.4. The lowest BCUT2D eigenvalue weighted by Gasteiger charge is -2.67. The lowest BCUT2D eigenvalue weighted by atomic mass is 9.44. The molecule has 43 heteroatoms. The van der Waals surface area contributed by atoms with Crippen LogP contribution in [0.5, 0.6) is 0 Å². The van der Waals surface area contributed by atoms with E-state index < -0.39 is 234 Å². The number of benzene rings is 4. The smallest absolute Gasteiger partial charge is 0.480 e. The van der Waals surface area contributed by atoms with E-state index in [1.165, 1.54) is 108 Å². The molecule has 2 saturated carbocycles. The summed E-state index contributed by atoms with van der Waals surface area (Å²) in [5, 5.41) is 74.5. The highest BCUT2D eigenvalue weighted by Crippen LogP contribution is 2.65. The summed E-state index contributed by atoms with van der Waals surface area (Å²) in [6.45, 7) is 9.40. The van der Waals surface area contributed by atoms with Gasteiger partial charge in [-0.15, -0.1) is 0 Å². The van der Waals surface area contributed by atoms with E-state index in [-0.39, 0.29) is 87.9 Å². The number of amides is 6. The molecule has 6 aromatic rings. The number of H-pyrrole nitrogens is 1. The Labute approximate surface area is 733 Å². The van der Waals surface area contributed by atoms with E-state index in [1.54, 1.807) is 54.6 Å². The van der Waals surface area contributed by atoms with Crippen LogP contribution in [0, 0.1) is 22.2 Å². The summed E-state index contributed by atoms with van der Waals surface area (Å²) < 4.78 is 42.9. The van der Waals surface area contributed by atoms with E-state index in [4.69, 9.17) is 50.0 Å². The molecule has 2 aromatic heterocycles. The molecule has 10 rings (SSSR count). The fourth-order valence-electron chi connectivity index (χ4n) is 15.9. The number of guanidine groups is 1. The maximum atomic E-state index is 16.5. The average Bonchev–Trinajstić information content (AvgIpc) is 0.665. The Morgan fingerprint density at radius 2 is 1.32 bits per heavy atom. The fraction of sp³-hybridized carbons (Fsp3) is 0.440. The number of hydrogen-bond donors (Lipinski definition) is 16. The number of carboxylic acids is 2. The molecule has 2 unspecified atom stereocenters. The molecule has 3 aliphatic carbocycles. The predicted octanol–water partition coefficient (Wildman–Crippen LogP) is 2.49. The first-order chi connectivity index (χ1) is 60.2. The van der Waals surface area contributed by atoms with Crippen LogP contribution in [0.4, 0.5) is 16.4 Å². The number of aromatic nitrogens is 4. The zero-order valence-corrected chi connectivity index (χ0v) is 71.8. The standard InChI is InChI=1S/C84H99N15O26S2/c1-41-55(122-77(116)62(103)60(46-19-12-9-13-20-46)97-71(108)47-21-14-10-15-22-47)36-84(118)66(124-76(115)49-23-16-11-17-24-49)64-82(8,65(104)63(121-44(4)100)59(41)81(84,6)7)56(35-57-83(64,40-120-57)125-45(5)101)123-80(117)119-33-34-126-127-39-54(75(113)114)96-69(106)43(3)92-72(109)52(25-18-32-88-78(85)86)94-68(105)42(2)91-58(102)31-30-53(74(111)112)95-70(107)48-26-28-50(29-27-48)89-37-51-38-90-67-61(93-51)73(110)99-79(87)98-67/h9-17,19-24,26-29,38,42-43,52-57,60,62-64,66,89,103,118H,18,25,30-37,39-40H2,1-8H3,(H,91,102)(H,92,109)(H,94,105)(H,95,107)(H,96,106)(H,97,108)(H,111,112)(H,113,114)(H4,85,86,88)(H3,87,90,98,99,110)/t42?,43-,52-,53-,54-,55-,56-,57+,60-,62+,63+,64?,66-,82+,83-,84+/m0/s1. The molecule has 127 heavy (non-hydrogen) atoms. The van der Waals surface area contributed by atoms with Crippen molar-refractivity contribution in [3.63, 3.8) is 0 Å². The van der Waals surface area contributed by atoms with E-state index in [2.05, 4.69) is 62.5 Å². The number of hydrogen-bond acceptors (Lipinski definition) is 32. The molecule has 18 N–H and O–H groups in total. The lowest BCUT2D eigenvalue weighted by molar-refractivity contribution is -0.346. The number of Topliss-reactive ketones (excluding diaryl/α,β-unsaturated/α-hetero) is 1.